The highest BCUT2D eigenvalue weighted by molar-refractivity contribution is 6.30. The van der Waals surface area contributed by atoms with Crippen LogP contribution < -0.4 is 5.73 Å². The lowest BCUT2D eigenvalue weighted by Crippen LogP contribution is -1.91. The third-order valence-corrected chi connectivity index (χ3v) is 3.42. The Balaban J connectivity index is 2.23. The first-order chi connectivity index (χ1) is 9.66. The van der Waals surface area contributed by atoms with Crippen LogP contribution in [0.5, 0.6) is 0 Å². The van der Waals surface area contributed by atoms with Gasteiger partial charge in [0.15, 0.2) is 5.82 Å². The molecule has 2 aromatic heterocycles. The van der Waals surface area contributed by atoms with Crippen molar-refractivity contribution in [3.05, 3.63) is 53.3 Å². The van der Waals surface area contributed by atoms with E-state index in [9.17, 15) is 0 Å². The summed E-state index contributed by atoms with van der Waals surface area (Å²) in [5.41, 5.74) is 10.5. The maximum atomic E-state index is 6.06. The zero-order valence-corrected chi connectivity index (χ0v) is 11.6. The Bertz CT molecular complexity index is 764. The number of nitrogens with two attached hydrogens (primary N) is 1. The highest BCUT2D eigenvalue weighted by Crippen LogP contribution is 2.36. The fraction of sp³-hybridized carbons (Fsp3) is 0.0667. The SMILES string of the molecule is Cc1ncccc1-c1[nH]nc(N)c1-c1cccc(Cl)c1. The van der Waals surface area contributed by atoms with Crippen LogP contribution in [0.2, 0.25) is 5.02 Å². The number of hydrogen-bond donors (Lipinski definition) is 2. The molecule has 20 heavy (non-hydrogen) atoms. The predicted octanol–water partition coefficient (Wildman–Crippen LogP) is 3.68. The molecule has 0 spiro atoms. The van der Waals surface area contributed by atoms with E-state index in [-0.39, 0.29) is 0 Å². The number of nitrogens with one attached hydrogen (secondary N) is 1. The second kappa shape index (κ2) is 4.98. The van der Waals surface area contributed by atoms with E-state index in [4.69, 9.17) is 17.3 Å². The first-order valence-electron chi connectivity index (χ1n) is 6.18. The number of aromatic amines is 1. The summed E-state index contributed by atoms with van der Waals surface area (Å²) < 4.78 is 0. The molecule has 0 unspecified atom stereocenters. The molecule has 1 aromatic carbocycles. The molecule has 3 N–H and O–H groups in total. The Morgan fingerprint density at radius 3 is 2.80 bits per heavy atom. The van der Waals surface area contributed by atoms with Crippen molar-refractivity contribution < 1.29 is 0 Å². The van der Waals surface area contributed by atoms with Gasteiger partial charge in [0, 0.05) is 22.5 Å². The molecule has 5 heteroatoms. The van der Waals surface area contributed by atoms with Gasteiger partial charge >= 0.3 is 0 Å². The minimum Gasteiger partial charge on any atom is -0.382 e. The van der Waals surface area contributed by atoms with Crippen LogP contribution >= 0.6 is 11.6 Å². The smallest absolute Gasteiger partial charge is 0.153 e. The van der Waals surface area contributed by atoms with Crippen molar-refractivity contribution in [1.82, 2.24) is 15.2 Å². The molecule has 2 heterocycles. The second-order valence-electron chi connectivity index (χ2n) is 4.51. The van der Waals surface area contributed by atoms with Crippen molar-refractivity contribution in [2.24, 2.45) is 0 Å². The molecule has 0 fully saturated rings. The lowest BCUT2D eigenvalue weighted by Gasteiger charge is -2.07. The Hall–Kier alpha value is -2.33. The van der Waals surface area contributed by atoms with Crippen LogP contribution in [0, 0.1) is 6.92 Å². The van der Waals surface area contributed by atoms with Crippen molar-refractivity contribution in [2.45, 2.75) is 6.92 Å². The molecular weight excluding hydrogens is 272 g/mol. The van der Waals surface area contributed by atoms with Gasteiger partial charge in [-0.1, -0.05) is 23.7 Å². The van der Waals surface area contributed by atoms with E-state index in [0.29, 0.717) is 10.8 Å². The number of rotatable bonds is 2. The first-order valence-corrected chi connectivity index (χ1v) is 6.56. The van der Waals surface area contributed by atoms with Crippen molar-refractivity contribution in [1.29, 1.82) is 0 Å². The third kappa shape index (κ3) is 2.14. The molecule has 100 valence electrons. The topological polar surface area (TPSA) is 67.6 Å². The summed E-state index contributed by atoms with van der Waals surface area (Å²) >= 11 is 6.06. The summed E-state index contributed by atoms with van der Waals surface area (Å²) in [7, 11) is 0. The number of benzene rings is 1. The number of aryl methyl sites for hydroxylation is 1. The fourth-order valence-corrected chi connectivity index (χ4v) is 2.43. The summed E-state index contributed by atoms with van der Waals surface area (Å²) in [6.07, 6.45) is 1.76. The van der Waals surface area contributed by atoms with E-state index < -0.39 is 0 Å². The summed E-state index contributed by atoms with van der Waals surface area (Å²) in [5.74, 6) is 0.450. The quantitative estimate of drug-likeness (QED) is 0.754. The van der Waals surface area contributed by atoms with Crippen LogP contribution in [0.1, 0.15) is 5.69 Å². The molecule has 0 aliphatic rings. The van der Waals surface area contributed by atoms with Gasteiger partial charge < -0.3 is 5.73 Å². The normalized spacial score (nSPS) is 10.7. The van der Waals surface area contributed by atoms with Crippen LogP contribution in [-0.2, 0) is 0 Å². The molecule has 0 saturated heterocycles. The average molecular weight is 285 g/mol. The predicted molar refractivity (Wildman–Crippen MR) is 81.4 cm³/mol. The molecule has 3 aromatic rings. The molecule has 0 amide bonds. The molecule has 0 bridgehead atoms. The number of anilines is 1. The van der Waals surface area contributed by atoms with E-state index in [1.807, 2.05) is 43.3 Å². The van der Waals surface area contributed by atoms with Gasteiger partial charge in [-0.15, -0.1) is 0 Å². The Morgan fingerprint density at radius 1 is 1.20 bits per heavy atom. The maximum absolute atomic E-state index is 6.06. The zero-order chi connectivity index (χ0) is 14.1. The number of nitrogens with zero attached hydrogens (tertiary/aromatic N) is 2. The molecule has 0 aliphatic carbocycles. The Kier molecular flexibility index (Phi) is 3.16. The Labute approximate surface area is 121 Å². The van der Waals surface area contributed by atoms with Gasteiger partial charge in [-0.2, -0.15) is 5.10 Å². The summed E-state index contributed by atoms with van der Waals surface area (Å²) in [6, 6.07) is 11.4. The molecule has 0 atom stereocenters. The summed E-state index contributed by atoms with van der Waals surface area (Å²) in [6.45, 7) is 1.95. The van der Waals surface area contributed by atoms with Crippen LogP contribution in [0.3, 0.4) is 0 Å². The summed E-state index contributed by atoms with van der Waals surface area (Å²) in [4.78, 5) is 4.30. The van der Waals surface area contributed by atoms with Crippen molar-refractivity contribution in [3.63, 3.8) is 0 Å². The van der Waals surface area contributed by atoms with Crippen molar-refractivity contribution >= 4 is 17.4 Å². The van der Waals surface area contributed by atoms with Gasteiger partial charge in [0.1, 0.15) is 0 Å². The average Bonchev–Trinajstić information content (AvgIpc) is 2.81. The van der Waals surface area contributed by atoms with Crippen LogP contribution in [0.25, 0.3) is 22.4 Å². The number of aromatic nitrogens is 3. The minimum absolute atomic E-state index is 0.450. The van der Waals surface area contributed by atoms with Crippen molar-refractivity contribution in [2.75, 3.05) is 5.73 Å². The second-order valence-corrected chi connectivity index (χ2v) is 4.94. The number of nitrogen functional groups attached to an aromatic ring is 1. The van der Waals surface area contributed by atoms with Gasteiger partial charge in [-0.05, 0) is 36.8 Å². The summed E-state index contributed by atoms with van der Waals surface area (Å²) in [5, 5.41) is 7.78. The first kappa shape index (κ1) is 12.7. The lowest BCUT2D eigenvalue weighted by molar-refractivity contribution is 1.09. The van der Waals surface area contributed by atoms with Crippen LogP contribution in [0.15, 0.2) is 42.6 Å². The van der Waals surface area contributed by atoms with E-state index in [1.165, 1.54) is 0 Å². The number of hydrogen-bond acceptors (Lipinski definition) is 3. The highest BCUT2D eigenvalue weighted by atomic mass is 35.5. The maximum Gasteiger partial charge on any atom is 0.153 e. The van der Waals surface area contributed by atoms with Gasteiger partial charge in [0.05, 0.1) is 11.3 Å². The Morgan fingerprint density at radius 2 is 2.05 bits per heavy atom. The van der Waals surface area contributed by atoms with Gasteiger partial charge in [-0.3, -0.25) is 10.1 Å². The lowest BCUT2D eigenvalue weighted by atomic mass is 10.0. The van der Waals surface area contributed by atoms with Crippen LogP contribution in [0.4, 0.5) is 5.82 Å². The van der Waals surface area contributed by atoms with Gasteiger partial charge in [0.2, 0.25) is 0 Å². The fourth-order valence-electron chi connectivity index (χ4n) is 2.24. The van der Waals surface area contributed by atoms with Gasteiger partial charge in [0.25, 0.3) is 0 Å². The van der Waals surface area contributed by atoms with E-state index >= 15 is 0 Å². The molecular formula is C15H13ClN4. The molecule has 0 saturated carbocycles. The zero-order valence-electron chi connectivity index (χ0n) is 10.9. The van der Waals surface area contributed by atoms with E-state index in [1.54, 1.807) is 6.20 Å². The molecule has 0 aliphatic heterocycles. The molecule has 3 rings (SSSR count). The monoisotopic (exact) mass is 284 g/mol. The molecule has 4 nitrogen and oxygen atoms in total. The highest BCUT2D eigenvalue weighted by Gasteiger charge is 2.16. The van der Waals surface area contributed by atoms with Gasteiger partial charge in [-0.25, -0.2) is 0 Å². The largest absolute Gasteiger partial charge is 0.382 e. The standard InChI is InChI=1S/C15H13ClN4/c1-9-12(6-3-7-18-9)14-13(15(17)20-19-14)10-4-2-5-11(16)8-10/h2-8H,1H3,(H3,17,19,20). The minimum atomic E-state index is 0.450. The molecule has 0 radical (unpaired) electrons. The number of pyridine rings is 1. The number of halogens is 1. The van der Waals surface area contributed by atoms with Crippen molar-refractivity contribution in [3.8, 4) is 22.4 Å². The third-order valence-electron chi connectivity index (χ3n) is 3.18. The van der Waals surface area contributed by atoms with E-state index in [0.717, 1.165) is 28.1 Å². The number of H-pyrrole nitrogens is 1. The van der Waals surface area contributed by atoms with Crippen LogP contribution in [-0.4, -0.2) is 15.2 Å². The van der Waals surface area contributed by atoms with E-state index in [2.05, 4.69) is 15.2 Å².